The number of rotatable bonds is 2. The minimum absolute atomic E-state index is 0.330. The predicted molar refractivity (Wildman–Crippen MR) is 71.4 cm³/mol. The number of aromatic nitrogens is 2. The second kappa shape index (κ2) is 4.79. The molecule has 1 aromatic heterocycles. The van der Waals surface area contributed by atoms with Crippen molar-refractivity contribution in [2.24, 2.45) is 7.05 Å². The van der Waals surface area contributed by atoms with Gasteiger partial charge in [0.15, 0.2) is 0 Å². The highest BCUT2D eigenvalue weighted by atomic mass is 16.2. The maximum Gasteiger partial charge on any atom is 0.324 e. The fourth-order valence-corrected chi connectivity index (χ4v) is 1.62. The van der Waals surface area contributed by atoms with Gasteiger partial charge >= 0.3 is 6.03 Å². The molecule has 0 aliphatic carbocycles. The molecule has 2 rings (SSSR count). The third-order valence-electron chi connectivity index (χ3n) is 2.39. The van der Waals surface area contributed by atoms with Crippen LogP contribution >= 0.6 is 0 Å². The number of nitrogens with zero attached hydrogens (tertiary/aromatic N) is 2. The van der Waals surface area contributed by atoms with Crippen LogP contribution in [-0.2, 0) is 7.05 Å². The Morgan fingerprint density at radius 1 is 1.33 bits per heavy atom. The van der Waals surface area contributed by atoms with E-state index >= 15 is 0 Å². The Kier molecular flexibility index (Phi) is 3.18. The summed E-state index contributed by atoms with van der Waals surface area (Å²) in [7, 11) is 1.77. The molecular weight excluding hydrogens is 230 g/mol. The van der Waals surface area contributed by atoms with Crippen LogP contribution in [0.4, 0.5) is 22.0 Å². The Bertz CT molecular complexity index is 576. The molecule has 2 aromatic rings. The Balaban J connectivity index is 2.03. The number of urea groups is 1. The highest BCUT2D eigenvalue weighted by molar-refractivity contribution is 5.99. The lowest BCUT2D eigenvalue weighted by molar-refractivity contribution is 0.262. The van der Waals surface area contributed by atoms with Gasteiger partial charge in [0, 0.05) is 24.5 Å². The third kappa shape index (κ3) is 2.79. The lowest BCUT2D eigenvalue weighted by Gasteiger charge is -2.07. The number of aryl methyl sites for hydroxylation is 2. The number of hydrogen-bond donors (Lipinski definition) is 3. The van der Waals surface area contributed by atoms with Crippen molar-refractivity contribution in [2.45, 2.75) is 6.92 Å². The molecule has 4 N–H and O–H groups in total. The monoisotopic (exact) mass is 245 g/mol. The zero-order valence-electron chi connectivity index (χ0n) is 10.3. The van der Waals surface area contributed by atoms with E-state index in [0.29, 0.717) is 17.2 Å². The lowest BCUT2D eigenvalue weighted by atomic mass is 10.3. The number of amides is 2. The molecule has 0 saturated carbocycles. The van der Waals surface area contributed by atoms with E-state index in [1.807, 2.05) is 6.92 Å². The molecule has 0 bridgehead atoms. The van der Waals surface area contributed by atoms with E-state index in [1.54, 1.807) is 42.1 Å². The average molecular weight is 245 g/mol. The van der Waals surface area contributed by atoms with E-state index in [-0.39, 0.29) is 6.03 Å². The van der Waals surface area contributed by atoms with Gasteiger partial charge in [-0.3, -0.25) is 10.00 Å². The minimum Gasteiger partial charge on any atom is -0.399 e. The summed E-state index contributed by atoms with van der Waals surface area (Å²) in [6.45, 7) is 1.86. The van der Waals surface area contributed by atoms with Gasteiger partial charge in [0.2, 0.25) is 0 Å². The van der Waals surface area contributed by atoms with Crippen LogP contribution in [0.15, 0.2) is 30.3 Å². The van der Waals surface area contributed by atoms with Crippen molar-refractivity contribution in [1.29, 1.82) is 0 Å². The Morgan fingerprint density at radius 3 is 2.72 bits per heavy atom. The molecular formula is C12H15N5O. The first-order valence-electron chi connectivity index (χ1n) is 5.49. The molecule has 18 heavy (non-hydrogen) atoms. The molecule has 0 saturated heterocycles. The van der Waals surface area contributed by atoms with E-state index in [9.17, 15) is 4.79 Å². The van der Waals surface area contributed by atoms with Crippen LogP contribution in [0.1, 0.15) is 5.69 Å². The van der Waals surface area contributed by atoms with Gasteiger partial charge in [-0.05, 0) is 25.1 Å². The molecule has 0 aliphatic heterocycles. The van der Waals surface area contributed by atoms with E-state index < -0.39 is 0 Å². The average Bonchev–Trinajstić information content (AvgIpc) is 2.57. The summed E-state index contributed by atoms with van der Waals surface area (Å²) in [5.41, 5.74) is 7.72. The van der Waals surface area contributed by atoms with Gasteiger partial charge in [-0.15, -0.1) is 0 Å². The van der Waals surface area contributed by atoms with Crippen molar-refractivity contribution in [3.63, 3.8) is 0 Å². The molecule has 0 radical (unpaired) electrons. The summed E-state index contributed by atoms with van der Waals surface area (Å²) >= 11 is 0. The molecule has 0 spiro atoms. The molecule has 1 heterocycles. The highest BCUT2D eigenvalue weighted by Gasteiger charge is 2.06. The normalized spacial score (nSPS) is 10.1. The van der Waals surface area contributed by atoms with Gasteiger partial charge < -0.3 is 11.1 Å². The van der Waals surface area contributed by atoms with E-state index in [0.717, 1.165) is 5.69 Å². The quantitative estimate of drug-likeness (QED) is 0.707. The highest BCUT2D eigenvalue weighted by Crippen LogP contribution is 2.13. The van der Waals surface area contributed by atoms with E-state index in [2.05, 4.69) is 15.7 Å². The number of carbonyl (C=O) groups excluding carboxylic acids is 1. The van der Waals surface area contributed by atoms with Crippen LogP contribution < -0.4 is 16.4 Å². The topological polar surface area (TPSA) is 85.0 Å². The van der Waals surface area contributed by atoms with Gasteiger partial charge in [-0.1, -0.05) is 6.07 Å². The fourth-order valence-electron chi connectivity index (χ4n) is 1.62. The zero-order chi connectivity index (χ0) is 13.1. The standard InChI is InChI=1S/C12H15N5O/c1-8-6-11(17(2)16-8)15-12(18)14-10-5-3-4-9(13)7-10/h3-7H,13H2,1-2H3,(H2,14,15,18). The Morgan fingerprint density at radius 2 is 2.11 bits per heavy atom. The fraction of sp³-hybridized carbons (Fsp3) is 0.167. The lowest BCUT2D eigenvalue weighted by Crippen LogP contribution is -2.21. The second-order valence-corrected chi connectivity index (χ2v) is 4.00. The van der Waals surface area contributed by atoms with Crippen molar-refractivity contribution >= 4 is 23.2 Å². The maximum absolute atomic E-state index is 11.8. The second-order valence-electron chi connectivity index (χ2n) is 4.00. The maximum atomic E-state index is 11.8. The van der Waals surface area contributed by atoms with Crippen LogP contribution in [0.25, 0.3) is 0 Å². The number of carbonyl (C=O) groups is 1. The van der Waals surface area contributed by atoms with Crippen LogP contribution in [0.3, 0.4) is 0 Å². The first kappa shape index (κ1) is 12.0. The summed E-state index contributed by atoms with van der Waals surface area (Å²) in [5.74, 6) is 0.633. The SMILES string of the molecule is Cc1cc(NC(=O)Nc2cccc(N)c2)n(C)n1. The van der Waals surface area contributed by atoms with Crippen LogP contribution in [-0.4, -0.2) is 15.8 Å². The number of hydrogen-bond acceptors (Lipinski definition) is 3. The van der Waals surface area contributed by atoms with Gasteiger partial charge in [-0.25, -0.2) is 4.79 Å². The molecule has 1 aromatic carbocycles. The van der Waals surface area contributed by atoms with Crippen molar-refractivity contribution in [2.75, 3.05) is 16.4 Å². The summed E-state index contributed by atoms with van der Waals surface area (Å²) in [6.07, 6.45) is 0. The first-order chi connectivity index (χ1) is 8.54. The van der Waals surface area contributed by atoms with E-state index in [1.165, 1.54) is 0 Å². The number of benzene rings is 1. The molecule has 94 valence electrons. The van der Waals surface area contributed by atoms with E-state index in [4.69, 9.17) is 5.73 Å². The molecule has 6 heteroatoms. The summed E-state index contributed by atoms with van der Waals surface area (Å²) in [4.78, 5) is 11.8. The van der Waals surface area contributed by atoms with Crippen molar-refractivity contribution in [3.05, 3.63) is 36.0 Å². The van der Waals surface area contributed by atoms with Gasteiger partial charge in [0.05, 0.1) is 5.69 Å². The smallest absolute Gasteiger partial charge is 0.324 e. The minimum atomic E-state index is -0.330. The first-order valence-corrected chi connectivity index (χ1v) is 5.49. The third-order valence-corrected chi connectivity index (χ3v) is 2.39. The molecule has 0 fully saturated rings. The van der Waals surface area contributed by atoms with Crippen LogP contribution in [0.2, 0.25) is 0 Å². The molecule has 6 nitrogen and oxygen atoms in total. The largest absolute Gasteiger partial charge is 0.399 e. The molecule has 0 aliphatic rings. The van der Waals surface area contributed by atoms with Gasteiger partial charge in [-0.2, -0.15) is 5.10 Å². The Hall–Kier alpha value is -2.50. The number of anilines is 3. The zero-order valence-corrected chi connectivity index (χ0v) is 10.3. The summed E-state index contributed by atoms with van der Waals surface area (Å²) in [6, 6.07) is 8.45. The summed E-state index contributed by atoms with van der Waals surface area (Å²) in [5, 5.41) is 9.54. The van der Waals surface area contributed by atoms with Crippen molar-refractivity contribution in [3.8, 4) is 0 Å². The molecule has 0 atom stereocenters. The number of nitrogens with one attached hydrogen (secondary N) is 2. The molecule has 2 amide bonds. The van der Waals surface area contributed by atoms with Crippen LogP contribution in [0, 0.1) is 6.92 Å². The van der Waals surface area contributed by atoms with Crippen LogP contribution in [0.5, 0.6) is 0 Å². The summed E-state index contributed by atoms with van der Waals surface area (Å²) < 4.78 is 1.61. The van der Waals surface area contributed by atoms with Gasteiger partial charge in [0.25, 0.3) is 0 Å². The predicted octanol–water partition coefficient (Wildman–Crippen LogP) is 1.95. The number of nitrogens with two attached hydrogens (primary N) is 1. The molecule has 0 unspecified atom stereocenters. The van der Waals surface area contributed by atoms with Crippen molar-refractivity contribution in [1.82, 2.24) is 9.78 Å². The number of nitrogen functional groups attached to an aromatic ring is 1. The Labute approximate surface area is 105 Å². The van der Waals surface area contributed by atoms with Crippen molar-refractivity contribution < 1.29 is 4.79 Å². The van der Waals surface area contributed by atoms with Gasteiger partial charge in [0.1, 0.15) is 5.82 Å².